The molecule has 4 aromatic rings. The molecule has 37 heavy (non-hydrogen) atoms. The van der Waals surface area contributed by atoms with Crippen LogP contribution >= 0.6 is 0 Å². The van der Waals surface area contributed by atoms with E-state index in [-0.39, 0.29) is 11.5 Å². The number of nitrogens with one attached hydrogen (secondary N) is 2. The molecule has 188 valence electrons. The van der Waals surface area contributed by atoms with Gasteiger partial charge in [0.25, 0.3) is 0 Å². The highest BCUT2D eigenvalue weighted by Crippen LogP contribution is 2.36. The molecule has 1 aliphatic rings. The quantitative estimate of drug-likeness (QED) is 0.254. The Morgan fingerprint density at radius 3 is 2.49 bits per heavy atom. The molecule has 2 N–H and O–H groups in total. The lowest BCUT2D eigenvalue weighted by atomic mass is 9.87. The van der Waals surface area contributed by atoms with Gasteiger partial charge in [-0.15, -0.1) is 0 Å². The van der Waals surface area contributed by atoms with Crippen LogP contribution < -0.4 is 10.6 Å². The number of hydrogen-bond acceptors (Lipinski definition) is 5. The Hall–Kier alpha value is -4.10. The van der Waals surface area contributed by atoms with E-state index in [4.69, 9.17) is 5.26 Å². The molecule has 0 aliphatic carbocycles. The summed E-state index contributed by atoms with van der Waals surface area (Å²) < 4.78 is 68.5. The van der Waals surface area contributed by atoms with Gasteiger partial charge in [-0.1, -0.05) is 18.2 Å². The first kappa shape index (κ1) is 24.6. The van der Waals surface area contributed by atoms with E-state index in [9.17, 15) is 17.6 Å². The standard InChI is InChI=1S/C27H20F5N5/c28-23-9-16(1-2-17(23)11-33)25-20-10-19(7-8-24(20)35-14-36-25)37-26(29)22-13-34-12-21(22)15-3-5-18(6-4-15)27(30,31)32/h1-10,14,21-22,26,34,37H,12-13H2/t21-,22-,26-/m1/s1. The molecule has 1 aromatic heterocycles. The van der Waals surface area contributed by atoms with Crippen molar-refractivity contribution in [2.24, 2.45) is 5.92 Å². The van der Waals surface area contributed by atoms with Crippen LogP contribution in [0.3, 0.4) is 0 Å². The molecular weight excluding hydrogens is 489 g/mol. The van der Waals surface area contributed by atoms with Gasteiger partial charge in [0.1, 0.15) is 18.2 Å². The zero-order valence-corrected chi connectivity index (χ0v) is 19.2. The predicted octanol–water partition coefficient (Wildman–Crippen LogP) is 6.04. The van der Waals surface area contributed by atoms with E-state index in [1.165, 1.54) is 30.6 Å². The molecule has 2 heterocycles. The van der Waals surface area contributed by atoms with Crippen molar-refractivity contribution in [2.75, 3.05) is 18.4 Å². The molecule has 0 amide bonds. The first-order valence-electron chi connectivity index (χ1n) is 11.5. The van der Waals surface area contributed by atoms with Gasteiger partial charge in [0.05, 0.1) is 22.3 Å². The van der Waals surface area contributed by atoms with Crippen molar-refractivity contribution in [3.63, 3.8) is 0 Å². The molecule has 0 bridgehead atoms. The van der Waals surface area contributed by atoms with Gasteiger partial charge in [0.2, 0.25) is 0 Å². The number of benzene rings is 3. The normalized spacial score (nSPS) is 18.5. The smallest absolute Gasteiger partial charge is 0.356 e. The maximum Gasteiger partial charge on any atom is 0.416 e. The molecule has 0 unspecified atom stereocenters. The SMILES string of the molecule is N#Cc1ccc(-c2ncnc3ccc(N[C@@H](F)[C@@H]4CNC[C@@H]4c4ccc(C(F)(F)F)cc4)cc23)cc1F. The van der Waals surface area contributed by atoms with Crippen LogP contribution in [0.1, 0.15) is 22.6 Å². The van der Waals surface area contributed by atoms with Gasteiger partial charge in [-0.2, -0.15) is 18.4 Å². The van der Waals surface area contributed by atoms with E-state index in [2.05, 4.69) is 20.6 Å². The molecule has 1 saturated heterocycles. The minimum absolute atomic E-state index is 0.0856. The summed E-state index contributed by atoms with van der Waals surface area (Å²) in [5.74, 6) is -1.51. The van der Waals surface area contributed by atoms with Crippen LogP contribution in [-0.4, -0.2) is 29.4 Å². The molecule has 3 aromatic carbocycles. The van der Waals surface area contributed by atoms with Crippen molar-refractivity contribution in [2.45, 2.75) is 18.4 Å². The van der Waals surface area contributed by atoms with E-state index in [0.717, 1.165) is 12.1 Å². The molecule has 1 aliphatic heterocycles. The lowest BCUT2D eigenvalue weighted by Gasteiger charge is -2.24. The van der Waals surface area contributed by atoms with E-state index >= 15 is 4.39 Å². The number of aromatic nitrogens is 2. The number of nitriles is 1. The molecule has 0 spiro atoms. The van der Waals surface area contributed by atoms with Gasteiger partial charge in [0, 0.05) is 41.6 Å². The lowest BCUT2D eigenvalue weighted by Crippen LogP contribution is -2.29. The topological polar surface area (TPSA) is 73.6 Å². The Labute approximate surface area is 209 Å². The summed E-state index contributed by atoms with van der Waals surface area (Å²) >= 11 is 0. The zero-order chi connectivity index (χ0) is 26.2. The average Bonchev–Trinajstić information content (AvgIpc) is 3.38. The number of anilines is 1. The maximum absolute atomic E-state index is 15.5. The molecule has 5 rings (SSSR count). The van der Waals surface area contributed by atoms with Crippen molar-refractivity contribution < 1.29 is 22.0 Å². The summed E-state index contributed by atoms with van der Waals surface area (Å²) in [5.41, 5.74) is 1.69. The molecule has 10 heteroatoms. The zero-order valence-electron chi connectivity index (χ0n) is 19.2. The second-order valence-corrected chi connectivity index (χ2v) is 8.86. The van der Waals surface area contributed by atoms with E-state index < -0.39 is 29.8 Å². The second-order valence-electron chi connectivity index (χ2n) is 8.86. The van der Waals surface area contributed by atoms with Crippen molar-refractivity contribution in [1.82, 2.24) is 15.3 Å². The van der Waals surface area contributed by atoms with Crippen LogP contribution in [0.15, 0.2) is 67.0 Å². The van der Waals surface area contributed by atoms with E-state index in [1.54, 1.807) is 30.3 Å². The van der Waals surface area contributed by atoms with Crippen LogP contribution in [-0.2, 0) is 6.18 Å². The minimum Gasteiger partial charge on any atom is -0.356 e. The number of nitrogens with zero attached hydrogens (tertiary/aromatic N) is 3. The highest BCUT2D eigenvalue weighted by Gasteiger charge is 2.36. The van der Waals surface area contributed by atoms with Crippen LogP contribution in [0.25, 0.3) is 22.2 Å². The summed E-state index contributed by atoms with van der Waals surface area (Å²) in [4.78, 5) is 8.50. The van der Waals surface area contributed by atoms with Crippen molar-refractivity contribution >= 4 is 16.6 Å². The number of rotatable bonds is 5. The lowest BCUT2D eigenvalue weighted by molar-refractivity contribution is -0.137. The number of fused-ring (bicyclic) bond motifs is 1. The Kier molecular flexibility index (Phi) is 6.48. The Bertz CT molecular complexity index is 1480. The van der Waals surface area contributed by atoms with Crippen LogP contribution in [0, 0.1) is 23.1 Å². The number of halogens is 5. The summed E-state index contributed by atoms with van der Waals surface area (Å²) in [6.45, 7) is 0.796. The van der Waals surface area contributed by atoms with E-state index in [0.29, 0.717) is 46.5 Å². The highest BCUT2D eigenvalue weighted by atomic mass is 19.4. The third-order valence-corrected chi connectivity index (χ3v) is 6.61. The van der Waals surface area contributed by atoms with Crippen molar-refractivity contribution in [3.05, 3.63) is 89.5 Å². The molecule has 0 saturated carbocycles. The molecule has 0 radical (unpaired) electrons. The fourth-order valence-corrected chi connectivity index (χ4v) is 4.69. The average molecular weight is 509 g/mol. The maximum atomic E-state index is 15.5. The van der Waals surface area contributed by atoms with Crippen LogP contribution in [0.2, 0.25) is 0 Å². The summed E-state index contributed by atoms with van der Waals surface area (Å²) in [6, 6.07) is 15.8. The summed E-state index contributed by atoms with van der Waals surface area (Å²) in [7, 11) is 0. The predicted molar refractivity (Wildman–Crippen MR) is 129 cm³/mol. The third-order valence-electron chi connectivity index (χ3n) is 6.61. The first-order valence-corrected chi connectivity index (χ1v) is 11.5. The Morgan fingerprint density at radius 1 is 1.00 bits per heavy atom. The fraction of sp³-hybridized carbons (Fsp3) is 0.222. The largest absolute Gasteiger partial charge is 0.416 e. The molecular formula is C27H20F5N5. The Balaban J connectivity index is 1.40. The monoisotopic (exact) mass is 509 g/mol. The molecule has 3 atom stereocenters. The van der Waals surface area contributed by atoms with Crippen molar-refractivity contribution in [1.29, 1.82) is 5.26 Å². The van der Waals surface area contributed by atoms with Gasteiger partial charge in [-0.05, 0) is 48.0 Å². The molecule has 5 nitrogen and oxygen atoms in total. The highest BCUT2D eigenvalue weighted by molar-refractivity contribution is 5.94. The van der Waals surface area contributed by atoms with Gasteiger partial charge >= 0.3 is 6.18 Å². The summed E-state index contributed by atoms with van der Waals surface area (Å²) in [5, 5.41) is 15.5. The third kappa shape index (κ3) is 4.95. The van der Waals surface area contributed by atoms with Gasteiger partial charge < -0.3 is 10.6 Å². The minimum atomic E-state index is -4.43. The Morgan fingerprint density at radius 2 is 1.78 bits per heavy atom. The summed E-state index contributed by atoms with van der Waals surface area (Å²) in [6.07, 6.45) is -4.59. The first-order chi connectivity index (χ1) is 17.7. The fourth-order valence-electron chi connectivity index (χ4n) is 4.69. The van der Waals surface area contributed by atoms with Gasteiger partial charge in [-0.3, -0.25) is 0 Å². The number of hydrogen-bond donors (Lipinski definition) is 2. The van der Waals surface area contributed by atoms with Crippen molar-refractivity contribution in [3.8, 4) is 17.3 Å². The second kappa shape index (κ2) is 9.75. The van der Waals surface area contributed by atoms with E-state index in [1.807, 2.05) is 0 Å². The van der Waals surface area contributed by atoms with Crippen LogP contribution in [0.4, 0.5) is 27.6 Å². The van der Waals surface area contributed by atoms with Gasteiger partial charge in [0.15, 0.2) is 6.30 Å². The number of alkyl halides is 4. The van der Waals surface area contributed by atoms with Crippen LogP contribution in [0.5, 0.6) is 0 Å². The molecule has 1 fully saturated rings. The van der Waals surface area contributed by atoms with Gasteiger partial charge in [-0.25, -0.2) is 18.7 Å².